The van der Waals surface area contributed by atoms with Gasteiger partial charge in [-0.05, 0) is 24.5 Å². The van der Waals surface area contributed by atoms with E-state index in [9.17, 15) is 0 Å². The summed E-state index contributed by atoms with van der Waals surface area (Å²) in [5, 5.41) is 8.99. The van der Waals surface area contributed by atoms with Gasteiger partial charge in [0.25, 0.3) is 0 Å². The van der Waals surface area contributed by atoms with E-state index in [0.29, 0.717) is 5.92 Å². The van der Waals surface area contributed by atoms with E-state index in [1.165, 1.54) is 11.3 Å². The number of pyridine rings is 1. The number of hydrogen-bond donors (Lipinski definition) is 1. The van der Waals surface area contributed by atoms with Gasteiger partial charge in [-0.25, -0.2) is 0 Å². The highest BCUT2D eigenvalue weighted by molar-refractivity contribution is 5.28. The number of aliphatic hydroxyl groups excluding tert-OH is 1. The minimum Gasteiger partial charge on any atom is -0.396 e. The van der Waals surface area contributed by atoms with E-state index >= 15 is 0 Å². The summed E-state index contributed by atoms with van der Waals surface area (Å²) in [6, 6.07) is 4.00. The molecule has 0 aliphatic heterocycles. The summed E-state index contributed by atoms with van der Waals surface area (Å²) in [5.41, 5.74) is 2.42. The fraction of sp³-hybridized carbons (Fsp3) is 0.444. The van der Waals surface area contributed by atoms with Gasteiger partial charge in [0.2, 0.25) is 0 Å². The fourth-order valence-corrected chi connectivity index (χ4v) is 1.69. The van der Waals surface area contributed by atoms with E-state index in [4.69, 9.17) is 5.11 Å². The average Bonchev–Trinajstić information content (AvgIpc) is 2.47. The Morgan fingerprint density at radius 2 is 2.55 bits per heavy atom. The number of aryl methyl sites for hydroxylation is 1. The normalized spacial score (nSPS) is 21.7. The maximum Gasteiger partial charge on any atom is 0.0500 e. The van der Waals surface area contributed by atoms with Crippen LogP contribution in [0.15, 0.2) is 18.3 Å². The van der Waals surface area contributed by atoms with Gasteiger partial charge in [0.1, 0.15) is 0 Å². The predicted octanol–water partition coefficient (Wildman–Crippen LogP) is 1.10. The van der Waals surface area contributed by atoms with Crippen LogP contribution in [0.1, 0.15) is 23.6 Å². The summed E-state index contributed by atoms with van der Waals surface area (Å²) in [6.45, 7) is 0.263. The molecule has 0 saturated heterocycles. The topological polar surface area (TPSA) is 33.1 Å². The van der Waals surface area contributed by atoms with Crippen LogP contribution < -0.4 is 0 Å². The largest absolute Gasteiger partial charge is 0.396 e. The Morgan fingerprint density at radius 1 is 1.64 bits per heavy atom. The molecule has 1 N–H and O–H groups in total. The van der Waals surface area contributed by atoms with Gasteiger partial charge in [-0.1, -0.05) is 6.07 Å². The van der Waals surface area contributed by atoms with E-state index in [1.807, 2.05) is 12.3 Å². The van der Waals surface area contributed by atoms with Gasteiger partial charge < -0.3 is 5.11 Å². The van der Waals surface area contributed by atoms with Crippen LogP contribution >= 0.6 is 0 Å². The van der Waals surface area contributed by atoms with Crippen molar-refractivity contribution in [3.63, 3.8) is 0 Å². The fourth-order valence-electron chi connectivity index (χ4n) is 1.69. The summed E-state index contributed by atoms with van der Waals surface area (Å²) in [7, 11) is 0. The van der Waals surface area contributed by atoms with Crippen LogP contribution in [0.25, 0.3) is 0 Å². The smallest absolute Gasteiger partial charge is 0.0500 e. The van der Waals surface area contributed by atoms with Crippen molar-refractivity contribution in [2.24, 2.45) is 0 Å². The molecule has 1 heterocycles. The van der Waals surface area contributed by atoms with Gasteiger partial charge in [0.05, 0.1) is 6.61 Å². The molecule has 0 saturated carbocycles. The van der Waals surface area contributed by atoms with Crippen molar-refractivity contribution in [1.29, 1.82) is 0 Å². The zero-order valence-corrected chi connectivity index (χ0v) is 6.33. The lowest BCUT2D eigenvalue weighted by molar-refractivity contribution is 0.265. The van der Waals surface area contributed by atoms with Gasteiger partial charge in [0.15, 0.2) is 0 Å². The minimum absolute atomic E-state index is 0.263. The molecule has 1 aromatic rings. The maximum atomic E-state index is 8.99. The Kier molecular flexibility index (Phi) is 1.62. The van der Waals surface area contributed by atoms with E-state index < -0.39 is 0 Å². The second-order valence-corrected chi connectivity index (χ2v) is 2.96. The monoisotopic (exact) mass is 149 g/mol. The lowest BCUT2D eigenvalue weighted by Gasteiger charge is -2.04. The maximum absolute atomic E-state index is 8.99. The average molecular weight is 149 g/mol. The molecule has 1 aliphatic carbocycles. The van der Waals surface area contributed by atoms with Crippen LogP contribution in [0.2, 0.25) is 0 Å². The quantitative estimate of drug-likeness (QED) is 0.648. The molecule has 1 unspecified atom stereocenters. The molecular formula is C9H11NO. The summed E-state index contributed by atoms with van der Waals surface area (Å²) in [6.07, 6.45) is 3.91. The first-order chi connectivity index (χ1) is 5.42. The van der Waals surface area contributed by atoms with Crippen LogP contribution in [0.5, 0.6) is 0 Å². The van der Waals surface area contributed by atoms with Gasteiger partial charge in [0, 0.05) is 17.8 Å². The zero-order valence-electron chi connectivity index (χ0n) is 6.33. The Balaban J connectivity index is 2.39. The first-order valence-corrected chi connectivity index (χ1v) is 3.96. The van der Waals surface area contributed by atoms with Crippen molar-refractivity contribution in [3.05, 3.63) is 29.6 Å². The highest BCUT2D eigenvalue weighted by atomic mass is 16.3. The lowest BCUT2D eigenvalue weighted by Crippen LogP contribution is -1.98. The molecule has 0 fully saturated rings. The van der Waals surface area contributed by atoms with Gasteiger partial charge >= 0.3 is 0 Å². The van der Waals surface area contributed by atoms with Crippen LogP contribution in [0, 0.1) is 0 Å². The predicted molar refractivity (Wildman–Crippen MR) is 42.4 cm³/mol. The first-order valence-electron chi connectivity index (χ1n) is 3.96. The molecular weight excluding hydrogens is 138 g/mol. The molecule has 58 valence electrons. The van der Waals surface area contributed by atoms with Gasteiger partial charge in [-0.3, -0.25) is 4.98 Å². The molecule has 11 heavy (non-hydrogen) atoms. The lowest BCUT2D eigenvalue weighted by atomic mass is 10.1. The Morgan fingerprint density at radius 3 is 3.36 bits per heavy atom. The van der Waals surface area contributed by atoms with Gasteiger partial charge in [-0.15, -0.1) is 0 Å². The molecule has 0 spiro atoms. The molecule has 0 aromatic carbocycles. The number of fused-ring (bicyclic) bond motifs is 1. The molecule has 1 atom stereocenters. The minimum atomic E-state index is 0.263. The SMILES string of the molecule is OCC1CCc2ncccc21. The van der Waals surface area contributed by atoms with E-state index in [2.05, 4.69) is 11.1 Å². The van der Waals surface area contributed by atoms with Crippen molar-refractivity contribution in [3.8, 4) is 0 Å². The zero-order chi connectivity index (χ0) is 7.68. The molecule has 0 radical (unpaired) electrons. The van der Waals surface area contributed by atoms with E-state index in [-0.39, 0.29) is 6.61 Å². The number of aliphatic hydroxyl groups is 1. The van der Waals surface area contributed by atoms with Crippen LogP contribution in [0.4, 0.5) is 0 Å². The standard InChI is InChI=1S/C9H11NO/c11-6-7-3-4-9-8(7)2-1-5-10-9/h1-2,5,7,11H,3-4,6H2. The molecule has 2 rings (SSSR count). The third-order valence-electron chi connectivity index (χ3n) is 2.32. The highest BCUT2D eigenvalue weighted by Crippen LogP contribution is 2.30. The third-order valence-corrected chi connectivity index (χ3v) is 2.32. The number of hydrogen-bond acceptors (Lipinski definition) is 2. The molecule has 0 amide bonds. The number of aromatic nitrogens is 1. The second kappa shape index (κ2) is 2.62. The van der Waals surface area contributed by atoms with Crippen LogP contribution in [-0.4, -0.2) is 16.7 Å². The van der Waals surface area contributed by atoms with Crippen LogP contribution in [-0.2, 0) is 6.42 Å². The molecule has 2 heteroatoms. The molecule has 1 aliphatic rings. The van der Waals surface area contributed by atoms with Gasteiger partial charge in [-0.2, -0.15) is 0 Å². The molecule has 2 nitrogen and oxygen atoms in total. The molecule has 0 bridgehead atoms. The third kappa shape index (κ3) is 1.03. The number of nitrogens with zero attached hydrogens (tertiary/aromatic N) is 1. The highest BCUT2D eigenvalue weighted by Gasteiger charge is 2.21. The Bertz CT molecular complexity index is 259. The summed E-state index contributed by atoms with van der Waals surface area (Å²) in [5.74, 6) is 0.346. The van der Waals surface area contributed by atoms with E-state index in [1.54, 1.807) is 0 Å². The Hall–Kier alpha value is -0.890. The Labute approximate surface area is 65.9 Å². The van der Waals surface area contributed by atoms with Crippen molar-refractivity contribution in [1.82, 2.24) is 4.98 Å². The summed E-state index contributed by atoms with van der Waals surface area (Å²) in [4.78, 5) is 4.25. The van der Waals surface area contributed by atoms with Crippen LogP contribution in [0.3, 0.4) is 0 Å². The molecule has 1 aromatic heterocycles. The summed E-state index contributed by atoms with van der Waals surface area (Å²) >= 11 is 0. The van der Waals surface area contributed by atoms with Crippen molar-refractivity contribution in [2.45, 2.75) is 18.8 Å². The second-order valence-electron chi connectivity index (χ2n) is 2.96. The van der Waals surface area contributed by atoms with E-state index in [0.717, 1.165) is 12.8 Å². The summed E-state index contributed by atoms with van der Waals surface area (Å²) < 4.78 is 0. The van der Waals surface area contributed by atoms with Crippen molar-refractivity contribution < 1.29 is 5.11 Å². The van der Waals surface area contributed by atoms with Crippen molar-refractivity contribution >= 4 is 0 Å². The first kappa shape index (κ1) is 6.80. The number of rotatable bonds is 1. The van der Waals surface area contributed by atoms with Crippen molar-refractivity contribution in [2.75, 3.05) is 6.61 Å².